The molecule has 1 aromatic carbocycles. The van der Waals surface area contributed by atoms with Gasteiger partial charge in [0.1, 0.15) is 0 Å². The maximum atomic E-state index is 12.4. The van der Waals surface area contributed by atoms with Gasteiger partial charge >= 0.3 is 5.97 Å². The third-order valence-electron chi connectivity index (χ3n) is 4.75. The number of rotatable bonds is 5. The summed E-state index contributed by atoms with van der Waals surface area (Å²) in [6.45, 7) is 0. The Morgan fingerprint density at radius 3 is 2.60 bits per heavy atom. The van der Waals surface area contributed by atoms with Crippen molar-refractivity contribution >= 4 is 11.9 Å². The fourth-order valence-corrected chi connectivity index (χ4v) is 3.41. The molecule has 0 bridgehead atoms. The molecule has 0 spiro atoms. The van der Waals surface area contributed by atoms with Crippen LogP contribution in [0.3, 0.4) is 0 Å². The second-order valence-electron chi connectivity index (χ2n) is 6.55. The quantitative estimate of drug-likeness (QED) is 0.819. The van der Waals surface area contributed by atoms with Crippen LogP contribution in [0.15, 0.2) is 42.7 Å². The second-order valence-corrected chi connectivity index (χ2v) is 6.55. The van der Waals surface area contributed by atoms with Crippen molar-refractivity contribution < 1.29 is 14.7 Å². The van der Waals surface area contributed by atoms with Crippen molar-refractivity contribution in [2.45, 2.75) is 44.6 Å². The normalized spacial score (nSPS) is 20.6. The van der Waals surface area contributed by atoms with Crippen LogP contribution in [-0.4, -0.2) is 32.8 Å². The van der Waals surface area contributed by atoms with E-state index in [1.165, 1.54) is 0 Å². The summed E-state index contributed by atoms with van der Waals surface area (Å²) in [6.07, 6.45) is 8.12. The molecule has 0 radical (unpaired) electrons. The monoisotopic (exact) mass is 341 g/mol. The van der Waals surface area contributed by atoms with E-state index in [1.807, 2.05) is 36.5 Å². The Balaban J connectivity index is 1.60. The summed E-state index contributed by atoms with van der Waals surface area (Å²) in [5.41, 5.74) is 1.83. The van der Waals surface area contributed by atoms with Crippen LogP contribution >= 0.6 is 0 Å². The smallest absolute Gasteiger partial charge is 0.308 e. The van der Waals surface area contributed by atoms with Crippen LogP contribution in [0.25, 0.3) is 5.69 Å². The molecule has 1 amide bonds. The maximum absolute atomic E-state index is 12.4. The SMILES string of the molecule is O=C(Cc1ccc(-n2cccn2)cc1)N[C@H]1CCCCC[C@H]1C(=O)O. The van der Waals surface area contributed by atoms with Crippen molar-refractivity contribution in [1.82, 2.24) is 15.1 Å². The van der Waals surface area contributed by atoms with Crippen LogP contribution in [0.5, 0.6) is 0 Å². The lowest BCUT2D eigenvalue weighted by Crippen LogP contribution is -2.43. The minimum Gasteiger partial charge on any atom is -0.481 e. The molecule has 1 aromatic heterocycles. The van der Waals surface area contributed by atoms with Gasteiger partial charge in [0.05, 0.1) is 18.0 Å². The summed E-state index contributed by atoms with van der Waals surface area (Å²) >= 11 is 0. The van der Waals surface area contributed by atoms with Gasteiger partial charge in [-0.15, -0.1) is 0 Å². The maximum Gasteiger partial charge on any atom is 0.308 e. The Morgan fingerprint density at radius 2 is 1.92 bits per heavy atom. The molecule has 0 aliphatic heterocycles. The zero-order valence-electron chi connectivity index (χ0n) is 14.1. The topological polar surface area (TPSA) is 84.2 Å². The van der Waals surface area contributed by atoms with E-state index in [1.54, 1.807) is 10.9 Å². The molecule has 1 aliphatic carbocycles. The number of carboxylic acid groups (broad SMARTS) is 1. The molecule has 2 aromatic rings. The fraction of sp³-hybridized carbons (Fsp3) is 0.421. The minimum absolute atomic E-state index is 0.120. The number of hydrogen-bond acceptors (Lipinski definition) is 3. The molecule has 1 aliphatic rings. The first-order valence-electron chi connectivity index (χ1n) is 8.74. The molecule has 2 N–H and O–H groups in total. The van der Waals surface area contributed by atoms with Gasteiger partial charge in [-0.1, -0.05) is 31.4 Å². The third kappa shape index (κ3) is 4.47. The summed E-state index contributed by atoms with van der Waals surface area (Å²) in [5.74, 6) is -1.41. The Bertz CT molecular complexity index is 710. The molecule has 3 rings (SSSR count). The molecule has 132 valence electrons. The highest BCUT2D eigenvalue weighted by atomic mass is 16.4. The second kappa shape index (κ2) is 7.96. The van der Waals surface area contributed by atoms with E-state index in [2.05, 4.69) is 10.4 Å². The molecular formula is C19H23N3O3. The van der Waals surface area contributed by atoms with Crippen molar-refractivity contribution in [3.63, 3.8) is 0 Å². The van der Waals surface area contributed by atoms with E-state index in [4.69, 9.17) is 0 Å². The summed E-state index contributed by atoms with van der Waals surface area (Å²) in [6, 6.07) is 9.22. The van der Waals surface area contributed by atoms with Gasteiger partial charge in [-0.05, 0) is 36.6 Å². The van der Waals surface area contributed by atoms with Gasteiger partial charge < -0.3 is 10.4 Å². The Morgan fingerprint density at radius 1 is 1.16 bits per heavy atom. The summed E-state index contributed by atoms with van der Waals surface area (Å²) in [7, 11) is 0. The summed E-state index contributed by atoms with van der Waals surface area (Å²) in [5, 5.41) is 16.5. The first-order chi connectivity index (χ1) is 12.1. The van der Waals surface area contributed by atoms with E-state index in [9.17, 15) is 14.7 Å². The van der Waals surface area contributed by atoms with Gasteiger partial charge in [0, 0.05) is 18.4 Å². The number of benzene rings is 1. The van der Waals surface area contributed by atoms with Crippen molar-refractivity contribution in [3.05, 3.63) is 48.3 Å². The van der Waals surface area contributed by atoms with Crippen molar-refractivity contribution in [3.8, 4) is 5.69 Å². The molecule has 2 atom stereocenters. The van der Waals surface area contributed by atoms with Crippen LogP contribution in [0.1, 0.15) is 37.7 Å². The fourth-order valence-electron chi connectivity index (χ4n) is 3.41. The largest absolute Gasteiger partial charge is 0.481 e. The van der Waals surface area contributed by atoms with Crippen molar-refractivity contribution in [2.75, 3.05) is 0 Å². The Hall–Kier alpha value is -2.63. The number of hydrogen-bond donors (Lipinski definition) is 2. The molecule has 6 nitrogen and oxygen atoms in total. The number of carboxylic acids is 1. The molecule has 1 saturated carbocycles. The molecule has 6 heteroatoms. The molecule has 0 unspecified atom stereocenters. The highest BCUT2D eigenvalue weighted by Crippen LogP contribution is 2.24. The van der Waals surface area contributed by atoms with Crippen LogP contribution in [-0.2, 0) is 16.0 Å². The molecule has 1 heterocycles. The van der Waals surface area contributed by atoms with E-state index in [-0.39, 0.29) is 18.4 Å². The standard InChI is InChI=1S/C19H23N3O3/c23-18(21-17-6-3-1-2-5-16(17)19(24)25)13-14-7-9-15(10-8-14)22-12-4-11-20-22/h4,7-12,16-17H,1-3,5-6,13H2,(H,21,23)(H,24,25)/t16-,17+/m1/s1. The van der Waals surface area contributed by atoms with Crippen LogP contribution < -0.4 is 5.32 Å². The number of nitrogens with one attached hydrogen (secondary N) is 1. The minimum atomic E-state index is -0.809. The lowest BCUT2D eigenvalue weighted by atomic mass is 9.94. The number of carbonyl (C=O) groups excluding carboxylic acids is 1. The third-order valence-corrected chi connectivity index (χ3v) is 4.75. The average molecular weight is 341 g/mol. The predicted octanol–water partition coefficient (Wildman–Crippen LogP) is 2.56. The predicted molar refractivity (Wildman–Crippen MR) is 93.4 cm³/mol. The van der Waals surface area contributed by atoms with Gasteiger partial charge in [-0.3, -0.25) is 9.59 Å². The highest BCUT2D eigenvalue weighted by molar-refractivity contribution is 5.80. The average Bonchev–Trinajstić information content (AvgIpc) is 3.02. The Labute approximate surface area is 146 Å². The first-order valence-corrected chi connectivity index (χ1v) is 8.74. The zero-order valence-corrected chi connectivity index (χ0v) is 14.1. The van der Waals surface area contributed by atoms with Crippen LogP contribution in [0, 0.1) is 5.92 Å². The summed E-state index contributed by atoms with van der Waals surface area (Å²) < 4.78 is 1.76. The molecule has 1 fully saturated rings. The number of carbonyl (C=O) groups is 2. The van der Waals surface area contributed by atoms with E-state index in [0.717, 1.165) is 36.9 Å². The van der Waals surface area contributed by atoms with Crippen LogP contribution in [0.2, 0.25) is 0 Å². The lowest BCUT2D eigenvalue weighted by molar-refractivity contribution is -0.143. The highest BCUT2D eigenvalue weighted by Gasteiger charge is 2.30. The molecule has 0 saturated heterocycles. The van der Waals surface area contributed by atoms with Gasteiger partial charge in [0.15, 0.2) is 0 Å². The van der Waals surface area contributed by atoms with Crippen molar-refractivity contribution in [1.29, 1.82) is 0 Å². The Kier molecular flexibility index (Phi) is 5.48. The number of aliphatic carboxylic acids is 1. The van der Waals surface area contributed by atoms with Gasteiger partial charge in [-0.2, -0.15) is 5.10 Å². The molecular weight excluding hydrogens is 318 g/mol. The first kappa shape index (κ1) is 17.2. The van der Waals surface area contributed by atoms with Gasteiger partial charge in [-0.25, -0.2) is 4.68 Å². The number of nitrogens with zero attached hydrogens (tertiary/aromatic N) is 2. The van der Waals surface area contributed by atoms with Gasteiger partial charge in [0.2, 0.25) is 5.91 Å². The molecule has 25 heavy (non-hydrogen) atoms. The lowest BCUT2D eigenvalue weighted by Gasteiger charge is -2.23. The zero-order chi connectivity index (χ0) is 17.6. The van der Waals surface area contributed by atoms with Crippen molar-refractivity contribution in [2.24, 2.45) is 5.92 Å². The number of amides is 1. The van der Waals surface area contributed by atoms with E-state index >= 15 is 0 Å². The van der Waals surface area contributed by atoms with E-state index < -0.39 is 11.9 Å². The number of aromatic nitrogens is 2. The summed E-state index contributed by atoms with van der Waals surface area (Å²) in [4.78, 5) is 23.8. The van der Waals surface area contributed by atoms with Crippen LogP contribution in [0.4, 0.5) is 0 Å². The van der Waals surface area contributed by atoms with E-state index in [0.29, 0.717) is 6.42 Å². The van der Waals surface area contributed by atoms with Gasteiger partial charge in [0.25, 0.3) is 0 Å².